The van der Waals surface area contributed by atoms with E-state index in [1.165, 1.54) is 0 Å². The van der Waals surface area contributed by atoms with Crippen molar-refractivity contribution in [1.82, 2.24) is 26.6 Å². The molecule has 0 spiro atoms. The molecule has 0 radical (unpaired) electrons. The lowest BCUT2D eigenvalue weighted by molar-refractivity contribution is -0.133. The standard InChI is InChI=1S/C41H64N6O5/c1-9-29(8)38(40(51)43-21-20-30-16-12-10-13-17-30)46-36(49)25-32(42)33(24-31-18-14-11-15-19-31)45-41(52)37(28(6)7)47-39(50)34(22-26(2)3)44-35(48)23-27(4)5/h10-19,26-29,32-34,37-38H,9,20-25,42H2,1-8H3,(H,43,51)(H,44,48)(H,45,52)(H,46,49)(H,47,50)/t29-,32?,33?,34?,37?,38-/m0/s1. The van der Waals surface area contributed by atoms with Crippen molar-refractivity contribution in [2.75, 3.05) is 6.54 Å². The van der Waals surface area contributed by atoms with E-state index >= 15 is 0 Å². The fourth-order valence-electron chi connectivity index (χ4n) is 5.94. The van der Waals surface area contributed by atoms with Gasteiger partial charge in [-0.1, -0.05) is 122 Å². The molecule has 2 rings (SSSR count). The van der Waals surface area contributed by atoms with E-state index in [-0.39, 0.29) is 41.9 Å². The van der Waals surface area contributed by atoms with E-state index in [0.717, 1.165) is 11.1 Å². The van der Waals surface area contributed by atoms with Gasteiger partial charge in [-0.3, -0.25) is 24.0 Å². The molecule has 4 unspecified atom stereocenters. The van der Waals surface area contributed by atoms with Crippen LogP contribution in [0.3, 0.4) is 0 Å². The van der Waals surface area contributed by atoms with E-state index in [1.807, 2.05) is 116 Å². The summed E-state index contributed by atoms with van der Waals surface area (Å²) >= 11 is 0. The summed E-state index contributed by atoms with van der Waals surface area (Å²) in [5.41, 5.74) is 8.70. The molecule has 288 valence electrons. The topological polar surface area (TPSA) is 172 Å². The van der Waals surface area contributed by atoms with E-state index < -0.39 is 47.9 Å². The number of benzene rings is 2. The molecule has 2 aromatic rings. The van der Waals surface area contributed by atoms with Crippen LogP contribution < -0.4 is 32.3 Å². The minimum absolute atomic E-state index is 0.123. The molecule has 0 saturated heterocycles. The van der Waals surface area contributed by atoms with Crippen molar-refractivity contribution < 1.29 is 24.0 Å². The molecule has 0 saturated carbocycles. The Morgan fingerprint density at radius 1 is 0.635 bits per heavy atom. The van der Waals surface area contributed by atoms with Crippen molar-refractivity contribution in [1.29, 1.82) is 0 Å². The molecule has 5 amide bonds. The highest BCUT2D eigenvalue weighted by atomic mass is 16.2. The molecule has 11 nitrogen and oxygen atoms in total. The summed E-state index contributed by atoms with van der Waals surface area (Å²) in [4.78, 5) is 66.7. The van der Waals surface area contributed by atoms with Crippen LogP contribution in [0.15, 0.2) is 60.7 Å². The lowest BCUT2D eigenvalue weighted by Crippen LogP contribution is -2.59. The molecular weight excluding hydrogens is 656 g/mol. The fraction of sp³-hybridized carbons (Fsp3) is 0.585. The summed E-state index contributed by atoms with van der Waals surface area (Å²) in [5.74, 6) is -1.89. The Hall–Kier alpha value is -4.25. The highest BCUT2D eigenvalue weighted by molar-refractivity contribution is 5.92. The third kappa shape index (κ3) is 16.0. The van der Waals surface area contributed by atoms with Crippen LogP contribution >= 0.6 is 0 Å². The van der Waals surface area contributed by atoms with E-state index in [0.29, 0.717) is 38.6 Å². The van der Waals surface area contributed by atoms with E-state index in [1.54, 1.807) is 0 Å². The second-order valence-electron chi connectivity index (χ2n) is 15.2. The van der Waals surface area contributed by atoms with Gasteiger partial charge < -0.3 is 32.3 Å². The molecule has 52 heavy (non-hydrogen) atoms. The predicted octanol–water partition coefficient (Wildman–Crippen LogP) is 4.04. The van der Waals surface area contributed by atoms with Crippen molar-refractivity contribution in [2.24, 2.45) is 29.4 Å². The zero-order chi connectivity index (χ0) is 38.8. The number of nitrogens with one attached hydrogen (secondary N) is 5. The average molecular weight is 721 g/mol. The van der Waals surface area contributed by atoms with Crippen molar-refractivity contribution >= 4 is 29.5 Å². The number of amides is 5. The summed E-state index contributed by atoms with van der Waals surface area (Å²) in [5, 5.41) is 14.6. The number of hydrogen-bond donors (Lipinski definition) is 6. The summed E-state index contributed by atoms with van der Waals surface area (Å²) in [6.45, 7) is 15.8. The van der Waals surface area contributed by atoms with Crippen LogP contribution in [0.1, 0.15) is 92.2 Å². The lowest BCUT2D eigenvalue weighted by atomic mass is 9.94. The first-order valence-electron chi connectivity index (χ1n) is 18.9. The molecule has 0 aliphatic heterocycles. The van der Waals surface area contributed by atoms with Gasteiger partial charge in [-0.25, -0.2) is 0 Å². The van der Waals surface area contributed by atoms with E-state index in [9.17, 15) is 24.0 Å². The second kappa shape index (κ2) is 22.6. The maximum Gasteiger partial charge on any atom is 0.243 e. The number of carbonyl (C=O) groups is 5. The number of rotatable bonds is 22. The highest BCUT2D eigenvalue weighted by Crippen LogP contribution is 2.14. The minimum atomic E-state index is -0.919. The van der Waals surface area contributed by atoms with Crippen LogP contribution in [0.2, 0.25) is 0 Å². The van der Waals surface area contributed by atoms with Crippen LogP contribution in [0.4, 0.5) is 0 Å². The Bertz CT molecular complexity index is 1400. The molecule has 11 heteroatoms. The Morgan fingerprint density at radius 3 is 1.75 bits per heavy atom. The SMILES string of the molecule is CC[C@H](C)[C@H](NC(=O)CC(N)C(Cc1ccccc1)NC(=O)C(NC(=O)C(CC(C)C)NC(=O)CC(C)C)C(C)C)C(=O)NCCc1ccccc1. The highest BCUT2D eigenvalue weighted by Gasteiger charge is 2.33. The van der Waals surface area contributed by atoms with Gasteiger partial charge in [0.25, 0.3) is 0 Å². The zero-order valence-corrected chi connectivity index (χ0v) is 32.5. The Balaban J connectivity index is 2.19. The van der Waals surface area contributed by atoms with E-state index in [2.05, 4.69) is 26.6 Å². The molecule has 0 aliphatic rings. The third-order valence-corrected chi connectivity index (χ3v) is 9.13. The first kappa shape index (κ1) is 43.9. The van der Waals surface area contributed by atoms with Gasteiger partial charge in [0.05, 0.1) is 0 Å². The summed E-state index contributed by atoms with van der Waals surface area (Å²) in [6.07, 6.45) is 2.26. The molecule has 0 aliphatic carbocycles. The van der Waals surface area contributed by atoms with Crippen molar-refractivity contribution in [3.8, 4) is 0 Å². The predicted molar refractivity (Wildman–Crippen MR) is 207 cm³/mol. The van der Waals surface area contributed by atoms with Gasteiger partial charge in [0.2, 0.25) is 29.5 Å². The van der Waals surface area contributed by atoms with Crippen molar-refractivity contribution in [3.63, 3.8) is 0 Å². The quantitative estimate of drug-likeness (QED) is 0.107. The van der Waals surface area contributed by atoms with Crippen LogP contribution in [0.5, 0.6) is 0 Å². The largest absolute Gasteiger partial charge is 0.354 e. The molecule has 7 N–H and O–H groups in total. The van der Waals surface area contributed by atoms with Crippen LogP contribution in [0, 0.1) is 23.7 Å². The molecule has 0 aromatic heterocycles. The summed E-state index contributed by atoms with van der Waals surface area (Å²) < 4.78 is 0. The molecule has 0 bridgehead atoms. The van der Waals surface area contributed by atoms with Crippen molar-refractivity contribution in [3.05, 3.63) is 71.8 Å². The maximum atomic E-state index is 13.9. The number of carbonyl (C=O) groups excluding carboxylic acids is 5. The van der Waals surface area contributed by atoms with E-state index in [4.69, 9.17) is 5.73 Å². The Labute approximate surface area is 311 Å². The molecule has 2 aromatic carbocycles. The Morgan fingerprint density at radius 2 is 1.21 bits per heavy atom. The van der Waals surface area contributed by atoms with Gasteiger partial charge in [0.1, 0.15) is 18.1 Å². The molecule has 0 fully saturated rings. The third-order valence-electron chi connectivity index (χ3n) is 9.13. The summed E-state index contributed by atoms with van der Waals surface area (Å²) in [6, 6.07) is 15.4. The van der Waals surface area contributed by atoms with Crippen LogP contribution in [0.25, 0.3) is 0 Å². The normalized spacial score (nSPS) is 14.8. The first-order chi connectivity index (χ1) is 24.6. The molecule has 0 heterocycles. The minimum Gasteiger partial charge on any atom is -0.354 e. The fourth-order valence-corrected chi connectivity index (χ4v) is 5.94. The van der Waals surface area contributed by atoms with Crippen LogP contribution in [-0.2, 0) is 36.8 Å². The zero-order valence-electron chi connectivity index (χ0n) is 32.5. The first-order valence-corrected chi connectivity index (χ1v) is 18.9. The van der Waals surface area contributed by atoms with Crippen molar-refractivity contribution in [2.45, 2.75) is 124 Å². The smallest absolute Gasteiger partial charge is 0.243 e. The summed E-state index contributed by atoms with van der Waals surface area (Å²) in [7, 11) is 0. The van der Waals surface area contributed by atoms with Gasteiger partial charge in [-0.05, 0) is 54.1 Å². The monoisotopic (exact) mass is 720 g/mol. The molecular formula is C41H64N6O5. The average Bonchev–Trinajstić information content (AvgIpc) is 3.08. The number of hydrogen-bond acceptors (Lipinski definition) is 6. The number of nitrogens with two attached hydrogens (primary N) is 1. The van der Waals surface area contributed by atoms with Gasteiger partial charge in [0.15, 0.2) is 0 Å². The lowest BCUT2D eigenvalue weighted by Gasteiger charge is -2.31. The maximum absolute atomic E-state index is 13.9. The van der Waals surface area contributed by atoms with Gasteiger partial charge in [-0.2, -0.15) is 0 Å². The van der Waals surface area contributed by atoms with Gasteiger partial charge in [0, 0.05) is 31.5 Å². The second-order valence-corrected chi connectivity index (χ2v) is 15.2. The Kier molecular flexibility index (Phi) is 19.1. The van der Waals surface area contributed by atoms with Gasteiger partial charge >= 0.3 is 0 Å². The van der Waals surface area contributed by atoms with Crippen LogP contribution in [-0.4, -0.2) is 66.3 Å². The molecule has 6 atom stereocenters. The van der Waals surface area contributed by atoms with Gasteiger partial charge in [-0.15, -0.1) is 0 Å².